The van der Waals surface area contributed by atoms with Crippen molar-refractivity contribution in [1.82, 2.24) is 0 Å². The number of unbranched alkanes of at least 4 members (excludes halogenated alkanes) is 1. The molecule has 0 saturated carbocycles. The summed E-state index contributed by atoms with van der Waals surface area (Å²) in [6, 6.07) is 0. The van der Waals surface area contributed by atoms with Gasteiger partial charge in [0.2, 0.25) is 0 Å². The smallest absolute Gasteiger partial charge is 0.265 e. The van der Waals surface area contributed by atoms with Crippen molar-refractivity contribution in [3.05, 3.63) is 0 Å². The quantitative estimate of drug-likeness (QED) is 0.622. The van der Waals surface area contributed by atoms with Crippen LogP contribution >= 0.6 is 0 Å². The lowest BCUT2D eigenvalue weighted by atomic mass is 9.71. The van der Waals surface area contributed by atoms with Gasteiger partial charge in [-0.1, -0.05) is 39.5 Å². The second-order valence-corrected chi connectivity index (χ2v) is 8.30. The van der Waals surface area contributed by atoms with Crippen LogP contribution in [0.15, 0.2) is 0 Å². The molecule has 0 spiro atoms. The Morgan fingerprint density at radius 1 is 1.32 bits per heavy atom. The van der Waals surface area contributed by atoms with Crippen LogP contribution in [0.1, 0.15) is 58.8 Å². The van der Waals surface area contributed by atoms with Gasteiger partial charge in [0.25, 0.3) is 10.1 Å². The minimum atomic E-state index is -4.01. The van der Waals surface area contributed by atoms with E-state index in [9.17, 15) is 13.0 Å². The Hall–Kier alpha value is -0.170. The fraction of sp³-hybridized carbons (Fsp3) is 1.00. The molecule has 2 aliphatic heterocycles. The molecule has 4 atom stereocenters. The van der Waals surface area contributed by atoms with Crippen molar-refractivity contribution in [1.29, 1.82) is 0 Å². The first kappa shape index (κ1) is 18.2. The van der Waals surface area contributed by atoms with E-state index >= 15 is 0 Å². The molecule has 0 bridgehead atoms. The minimum Gasteiger partial charge on any atom is -0.375 e. The topological polar surface area (TPSA) is 72.8 Å². The fourth-order valence-electron chi connectivity index (χ4n) is 3.84. The zero-order valence-electron chi connectivity index (χ0n) is 13.8. The molecule has 0 aromatic heterocycles. The number of rotatable bonds is 10. The van der Waals surface area contributed by atoms with Gasteiger partial charge in [-0.25, -0.2) is 0 Å². The van der Waals surface area contributed by atoms with Crippen LogP contribution in [0.4, 0.5) is 0 Å². The van der Waals surface area contributed by atoms with Gasteiger partial charge >= 0.3 is 0 Å². The molecule has 4 unspecified atom stereocenters. The Morgan fingerprint density at radius 2 is 2.00 bits per heavy atom. The first-order valence-corrected chi connectivity index (χ1v) is 10.2. The van der Waals surface area contributed by atoms with Crippen LogP contribution in [0.25, 0.3) is 0 Å². The van der Waals surface area contributed by atoms with Crippen molar-refractivity contribution in [2.75, 3.05) is 19.0 Å². The van der Waals surface area contributed by atoms with Crippen LogP contribution in [0, 0.1) is 11.8 Å². The summed E-state index contributed by atoms with van der Waals surface area (Å²) in [5.74, 6) is 0.0892. The van der Waals surface area contributed by atoms with Crippen molar-refractivity contribution >= 4 is 10.1 Å². The predicted octanol–water partition coefficient (Wildman–Crippen LogP) is 3.04. The standard InChI is InChI=1S/C16H30O5S/c1-3-5-6-13(4-2)11-14(12-22(17,18)19)16(8-10-21-16)15-7-9-20-15/h13-15H,3-12H2,1-2H3,(H,17,18,19). The van der Waals surface area contributed by atoms with Gasteiger partial charge in [-0.2, -0.15) is 8.42 Å². The minimum absolute atomic E-state index is 0.00307. The van der Waals surface area contributed by atoms with Crippen molar-refractivity contribution in [3.8, 4) is 0 Å². The molecule has 2 aliphatic rings. The molecule has 0 aromatic carbocycles. The van der Waals surface area contributed by atoms with E-state index in [1.165, 1.54) is 0 Å². The summed E-state index contributed by atoms with van der Waals surface area (Å²) in [7, 11) is -4.01. The molecular weight excluding hydrogens is 304 g/mol. The van der Waals surface area contributed by atoms with Crippen LogP contribution in [0.2, 0.25) is 0 Å². The maximum atomic E-state index is 11.5. The first-order valence-electron chi connectivity index (χ1n) is 8.62. The van der Waals surface area contributed by atoms with Crippen LogP contribution in [0.3, 0.4) is 0 Å². The van der Waals surface area contributed by atoms with E-state index in [0.717, 1.165) is 51.6 Å². The Labute approximate surface area is 134 Å². The van der Waals surface area contributed by atoms with Gasteiger partial charge in [0.05, 0.1) is 18.5 Å². The molecule has 2 fully saturated rings. The number of hydrogen-bond donors (Lipinski definition) is 1. The third-order valence-electron chi connectivity index (χ3n) is 5.37. The lowest BCUT2D eigenvalue weighted by Crippen LogP contribution is -2.63. The van der Waals surface area contributed by atoms with E-state index in [1.807, 2.05) is 0 Å². The van der Waals surface area contributed by atoms with E-state index in [2.05, 4.69) is 13.8 Å². The largest absolute Gasteiger partial charge is 0.375 e. The summed E-state index contributed by atoms with van der Waals surface area (Å²) < 4.78 is 43.9. The average molecular weight is 334 g/mol. The Balaban J connectivity index is 2.11. The Bertz CT molecular complexity index is 439. The molecule has 5 nitrogen and oxygen atoms in total. The molecule has 0 aliphatic carbocycles. The number of hydrogen-bond acceptors (Lipinski definition) is 4. The first-order chi connectivity index (χ1) is 10.4. The highest BCUT2D eigenvalue weighted by atomic mass is 32.2. The van der Waals surface area contributed by atoms with Crippen LogP contribution in [0.5, 0.6) is 0 Å². The predicted molar refractivity (Wildman–Crippen MR) is 85.5 cm³/mol. The molecule has 0 amide bonds. The van der Waals surface area contributed by atoms with E-state index in [4.69, 9.17) is 9.47 Å². The fourth-order valence-corrected chi connectivity index (χ4v) is 4.77. The molecule has 0 radical (unpaired) electrons. The highest BCUT2D eigenvalue weighted by Gasteiger charge is 2.55. The van der Waals surface area contributed by atoms with Crippen LogP contribution in [-0.2, 0) is 19.6 Å². The molecule has 1 N–H and O–H groups in total. The SMILES string of the molecule is CCCCC(CC)CC(CS(=O)(=O)O)C1(C2CCO2)CCO1. The lowest BCUT2D eigenvalue weighted by molar-refractivity contribution is -0.275. The van der Waals surface area contributed by atoms with E-state index in [0.29, 0.717) is 12.5 Å². The van der Waals surface area contributed by atoms with E-state index < -0.39 is 15.7 Å². The summed E-state index contributed by atoms with van der Waals surface area (Å²) in [4.78, 5) is 0. The summed E-state index contributed by atoms with van der Waals surface area (Å²) in [6.45, 7) is 5.70. The maximum Gasteiger partial charge on any atom is 0.265 e. The van der Waals surface area contributed by atoms with Crippen molar-refractivity contribution in [3.63, 3.8) is 0 Å². The second-order valence-electron chi connectivity index (χ2n) is 6.80. The van der Waals surface area contributed by atoms with Gasteiger partial charge in [-0.3, -0.25) is 4.55 Å². The van der Waals surface area contributed by atoms with Gasteiger partial charge in [0, 0.05) is 18.9 Å². The van der Waals surface area contributed by atoms with Gasteiger partial charge in [0.1, 0.15) is 5.60 Å². The summed E-state index contributed by atoms with van der Waals surface area (Å²) in [5, 5.41) is 0. The molecule has 22 heavy (non-hydrogen) atoms. The Kier molecular flexibility index (Phi) is 6.28. The van der Waals surface area contributed by atoms with Gasteiger partial charge in [-0.05, 0) is 18.8 Å². The van der Waals surface area contributed by atoms with Gasteiger partial charge in [0.15, 0.2) is 0 Å². The molecule has 2 saturated heterocycles. The van der Waals surface area contributed by atoms with Crippen molar-refractivity contribution in [2.24, 2.45) is 11.8 Å². The highest BCUT2D eigenvalue weighted by molar-refractivity contribution is 7.85. The monoisotopic (exact) mass is 334 g/mol. The molecular formula is C16H30O5S. The van der Waals surface area contributed by atoms with E-state index in [-0.39, 0.29) is 17.8 Å². The van der Waals surface area contributed by atoms with Gasteiger partial charge < -0.3 is 9.47 Å². The Morgan fingerprint density at radius 3 is 2.36 bits per heavy atom. The molecule has 6 heteroatoms. The maximum absolute atomic E-state index is 11.5. The summed E-state index contributed by atoms with van der Waals surface area (Å²) >= 11 is 0. The van der Waals surface area contributed by atoms with Crippen molar-refractivity contribution < 1.29 is 22.4 Å². The lowest BCUT2D eigenvalue weighted by Gasteiger charge is -2.55. The zero-order valence-corrected chi connectivity index (χ0v) is 14.6. The summed E-state index contributed by atoms with van der Waals surface area (Å²) in [6.07, 6.45) is 6.99. The molecule has 2 rings (SSSR count). The zero-order chi connectivity index (χ0) is 16.2. The molecule has 130 valence electrons. The third kappa shape index (κ3) is 4.22. The highest BCUT2D eigenvalue weighted by Crippen LogP contribution is 2.46. The number of ether oxygens (including phenoxy) is 2. The van der Waals surface area contributed by atoms with Crippen LogP contribution < -0.4 is 0 Å². The average Bonchev–Trinajstić information content (AvgIpc) is 2.33. The van der Waals surface area contributed by atoms with Crippen LogP contribution in [-0.4, -0.2) is 43.6 Å². The normalized spacial score (nSPS) is 31.1. The molecule has 2 heterocycles. The van der Waals surface area contributed by atoms with Crippen molar-refractivity contribution in [2.45, 2.75) is 70.5 Å². The summed E-state index contributed by atoms with van der Waals surface area (Å²) in [5.41, 5.74) is -0.492. The van der Waals surface area contributed by atoms with Gasteiger partial charge in [-0.15, -0.1) is 0 Å². The third-order valence-corrected chi connectivity index (χ3v) is 6.20. The second kappa shape index (κ2) is 7.60. The van der Waals surface area contributed by atoms with E-state index in [1.54, 1.807) is 0 Å². The molecule has 0 aromatic rings.